The smallest absolute Gasteiger partial charge is 0.0363 e. The number of hydrogen-bond donors (Lipinski definition) is 0. The summed E-state index contributed by atoms with van der Waals surface area (Å²) in [7, 11) is 2.13. The first-order valence-electron chi connectivity index (χ1n) is 4.97. The van der Waals surface area contributed by atoms with E-state index < -0.39 is 0 Å². The monoisotopic (exact) mass is 185 g/mol. The summed E-state index contributed by atoms with van der Waals surface area (Å²) >= 11 is 0. The van der Waals surface area contributed by atoms with Crippen LogP contribution >= 0.6 is 0 Å². The van der Waals surface area contributed by atoms with Gasteiger partial charge in [0, 0.05) is 25.2 Å². The van der Waals surface area contributed by atoms with E-state index in [1.165, 1.54) is 5.69 Å². The van der Waals surface area contributed by atoms with Crippen molar-refractivity contribution in [1.29, 1.82) is 0 Å². The van der Waals surface area contributed by atoms with Crippen molar-refractivity contribution in [1.82, 2.24) is 0 Å². The van der Waals surface area contributed by atoms with Gasteiger partial charge in [0.1, 0.15) is 0 Å². The van der Waals surface area contributed by atoms with E-state index in [1.807, 2.05) is 6.07 Å². The van der Waals surface area contributed by atoms with Crippen LogP contribution in [0.3, 0.4) is 0 Å². The van der Waals surface area contributed by atoms with Gasteiger partial charge in [-0.1, -0.05) is 42.5 Å². The molecule has 1 heteroatoms. The SMILES string of the molecule is CN(CC1C=CC=C1)c1ccccc1. The molecule has 0 saturated heterocycles. The molecule has 0 amide bonds. The first-order chi connectivity index (χ1) is 6.86. The number of nitrogens with zero attached hydrogens (tertiary/aromatic N) is 1. The Morgan fingerprint density at radius 2 is 1.71 bits per heavy atom. The summed E-state index contributed by atoms with van der Waals surface area (Å²) in [6.07, 6.45) is 8.70. The molecule has 0 spiro atoms. The quantitative estimate of drug-likeness (QED) is 0.700. The van der Waals surface area contributed by atoms with E-state index in [4.69, 9.17) is 0 Å². The number of rotatable bonds is 3. The van der Waals surface area contributed by atoms with Crippen LogP contribution in [0.4, 0.5) is 5.69 Å². The van der Waals surface area contributed by atoms with Gasteiger partial charge in [-0.15, -0.1) is 0 Å². The summed E-state index contributed by atoms with van der Waals surface area (Å²) in [4.78, 5) is 2.28. The van der Waals surface area contributed by atoms with E-state index in [-0.39, 0.29) is 0 Å². The van der Waals surface area contributed by atoms with Crippen molar-refractivity contribution < 1.29 is 0 Å². The van der Waals surface area contributed by atoms with Crippen molar-refractivity contribution in [3.05, 3.63) is 54.6 Å². The Labute approximate surface area is 85.4 Å². The van der Waals surface area contributed by atoms with Gasteiger partial charge in [-0.3, -0.25) is 0 Å². The van der Waals surface area contributed by atoms with Crippen LogP contribution in [0, 0.1) is 5.92 Å². The van der Waals surface area contributed by atoms with Gasteiger partial charge in [0.2, 0.25) is 0 Å². The van der Waals surface area contributed by atoms with Crippen LogP contribution in [0.1, 0.15) is 0 Å². The van der Waals surface area contributed by atoms with Crippen molar-refractivity contribution in [2.75, 3.05) is 18.5 Å². The number of benzene rings is 1. The average Bonchev–Trinajstić information content (AvgIpc) is 2.72. The highest BCUT2D eigenvalue weighted by Gasteiger charge is 2.07. The van der Waals surface area contributed by atoms with Crippen LogP contribution in [-0.4, -0.2) is 13.6 Å². The molecular weight excluding hydrogens is 170 g/mol. The van der Waals surface area contributed by atoms with Gasteiger partial charge in [0.25, 0.3) is 0 Å². The topological polar surface area (TPSA) is 3.24 Å². The second-order valence-electron chi connectivity index (χ2n) is 3.65. The lowest BCUT2D eigenvalue weighted by atomic mass is 10.1. The van der Waals surface area contributed by atoms with Crippen LogP contribution in [0.25, 0.3) is 0 Å². The van der Waals surface area contributed by atoms with Gasteiger partial charge in [-0.25, -0.2) is 0 Å². The lowest BCUT2D eigenvalue weighted by Gasteiger charge is -2.21. The number of para-hydroxylation sites is 1. The molecule has 0 unspecified atom stereocenters. The molecule has 0 aromatic heterocycles. The minimum atomic E-state index is 0.570. The van der Waals surface area contributed by atoms with E-state index in [0.29, 0.717) is 5.92 Å². The van der Waals surface area contributed by atoms with Crippen LogP contribution < -0.4 is 4.90 Å². The lowest BCUT2D eigenvalue weighted by molar-refractivity contribution is 0.776. The molecule has 14 heavy (non-hydrogen) atoms. The first kappa shape index (κ1) is 9.07. The molecule has 0 radical (unpaired) electrons. The van der Waals surface area contributed by atoms with Crippen LogP contribution in [0.15, 0.2) is 54.6 Å². The molecule has 1 aromatic carbocycles. The average molecular weight is 185 g/mol. The maximum atomic E-state index is 2.28. The van der Waals surface area contributed by atoms with Crippen LogP contribution in [0.2, 0.25) is 0 Å². The maximum Gasteiger partial charge on any atom is 0.0363 e. The summed E-state index contributed by atoms with van der Waals surface area (Å²) < 4.78 is 0. The molecular formula is C13H15N. The van der Waals surface area contributed by atoms with Crippen molar-refractivity contribution in [3.8, 4) is 0 Å². The predicted molar refractivity (Wildman–Crippen MR) is 61.5 cm³/mol. The number of hydrogen-bond acceptors (Lipinski definition) is 1. The Bertz CT molecular complexity index is 326. The van der Waals surface area contributed by atoms with Gasteiger partial charge in [0.15, 0.2) is 0 Å². The molecule has 0 heterocycles. The maximum absolute atomic E-state index is 2.28. The fourth-order valence-electron chi connectivity index (χ4n) is 1.70. The highest BCUT2D eigenvalue weighted by Crippen LogP contribution is 2.16. The molecule has 1 aromatic rings. The zero-order valence-electron chi connectivity index (χ0n) is 8.43. The Kier molecular flexibility index (Phi) is 2.68. The second-order valence-corrected chi connectivity index (χ2v) is 3.65. The zero-order chi connectivity index (χ0) is 9.80. The van der Waals surface area contributed by atoms with E-state index in [2.05, 4.69) is 60.5 Å². The molecule has 0 saturated carbocycles. The van der Waals surface area contributed by atoms with Gasteiger partial charge < -0.3 is 4.90 Å². The van der Waals surface area contributed by atoms with E-state index >= 15 is 0 Å². The molecule has 0 N–H and O–H groups in total. The fraction of sp³-hybridized carbons (Fsp3) is 0.231. The van der Waals surface area contributed by atoms with Crippen LogP contribution in [-0.2, 0) is 0 Å². The summed E-state index contributed by atoms with van der Waals surface area (Å²) in [5.41, 5.74) is 1.28. The number of anilines is 1. The summed E-state index contributed by atoms with van der Waals surface area (Å²) in [6.45, 7) is 1.05. The van der Waals surface area contributed by atoms with Gasteiger partial charge in [-0.05, 0) is 12.1 Å². The minimum Gasteiger partial charge on any atom is -0.374 e. The Morgan fingerprint density at radius 1 is 1.07 bits per heavy atom. The summed E-state index contributed by atoms with van der Waals surface area (Å²) in [6, 6.07) is 10.5. The largest absolute Gasteiger partial charge is 0.374 e. The second kappa shape index (κ2) is 4.14. The molecule has 0 bridgehead atoms. The first-order valence-corrected chi connectivity index (χ1v) is 4.97. The van der Waals surface area contributed by atoms with Crippen molar-refractivity contribution in [3.63, 3.8) is 0 Å². The molecule has 72 valence electrons. The number of allylic oxidation sites excluding steroid dienone is 2. The Hall–Kier alpha value is -1.50. The highest BCUT2D eigenvalue weighted by atomic mass is 15.1. The fourth-order valence-corrected chi connectivity index (χ4v) is 1.70. The third-order valence-corrected chi connectivity index (χ3v) is 2.51. The summed E-state index contributed by atoms with van der Waals surface area (Å²) in [5.74, 6) is 0.570. The molecule has 1 aliphatic carbocycles. The van der Waals surface area contributed by atoms with Crippen molar-refractivity contribution in [2.24, 2.45) is 5.92 Å². The third kappa shape index (κ3) is 2.05. The van der Waals surface area contributed by atoms with Crippen LogP contribution in [0.5, 0.6) is 0 Å². The van der Waals surface area contributed by atoms with E-state index in [1.54, 1.807) is 0 Å². The van der Waals surface area contributed by atoms with E-state index in [9.17, 15) is 0 Å². The highest BCUT2D eigenvalue weighted by molar-refractivity contribution is 5.45. The standard InChI is InChI=1S/C13H15N/c1-14(11-12-7-5-6-8-12)13-9-3-2-4-10-13/h2-10,12H,11H2,1H3. The predicted octanol–water partition coefficient (Wildman–Crippen LogP) is 2.87. The third-order valence-electron chi connectivity index (χ3n) is 2.51. The normalized spacial score (nSPS) is 14.9. The molecule has 1 nitrogen and oxygen atoms in total. The molecule has 1 aliphatic rings. The minimum absolute atomic E-state index is 0.570. The Morgan fingerprint density at radius 3 is 2.36 bits per heavy atom. The van der Waals surface area contributed by atoms with Gasteiger partial charge >= 0.3 is 0 Å². The lowest BCUT2D eigenvalue weighted by Crippen LogP contribution is -2.22. The van der Waals surface area contributed by atoms with E-state index in [0.717, 1.165) is 6.54 Å². The van der Waals surface area contributed by atoms with Crippen molar-refractivity contribution >= 4 is 5.69 Å². The zero-order valence-corrected chi connectivity index (χ0v) is 8.43. The molecule has 0 aliphatic heterocycles. The summed E-state index contributed by atoms with van der Waals surface area (Å²) in [5, 5.41) is 0. The van der Waals surface area contributed by atoms with Gasteiger partial charge in [0.05, 0.1) is 0 Å². The van der Waals surface area contributed by atoms with Crippen molar-refractivity contribution in [2.45, 2.75) is 0 Å². The molecule has 2 rings (SSSR count). The molecule has 0 atom stereocenters. The Balaban J connectivity index is 1.99. The molecule has 0 fully saturated rings. The van der Waals surface area contributed by atoms with Gasteiger partial charge in [-0.2, -0.15) is 0 Å².